The molecule has 0 aliphatic rings. The van der Waals surface area contributed by atoms with Crippen LogP contribution in [0.25, 0.3) is 0 Å². The Bertz CT molecular complexity index is 192. The van der Waals surface area contributed by atoms with Crippen molar-refractivity contribution in [1.82, 2.24) is 0 Å². The highest BCUT2D eigenvalue weighted by atomic mass is 33.1. The molecule has 0 fully saturated rings. The van der Waals surface area contributed by atoms with Gasteiger partial charge in [0.15, 0.2) is 6.61 Å². The summed E-state index contributed by atoms with van der Waals surface area (Å²) < 4.78 is 4.71. The van der Waals surface area contributed by atoms with E-state index in [0.29, 0.717) is 13.0 Å². The van der Waals surface area contributed by atoms with Gasteiger partial charge in [-0.2, -0.15) is 0 Å². The summed E-state index contributed by atoms with van der Waals surface area (Å²) in [6, 6.07) is 0. The summed E-state index contributed by atoms with van der Waals surface area (Å²) in [5.41, 5.74) is 5.32. The third kappa shape index (κ3) is 9.78. The summed E-state index contributed by atoms with van der Waals surface area (Å²) in [5, 5.41) is 0. The van der Waals surface area contributed by atoms with Crippen LogP contribution in [0.2, 0.25) is 0 Å². The zero-order valence-electron chi connectivity index (χ0n) is 8.03. The molecule has 80 valence electrons. The fourth-order valence-corrected chi connectivity index (χ4v) is 2.58. The van der Waals surface area contributed by atoms with Crippen molar-refractivity contribution >= 4 is 27.6 Å². The average Bonchev–Trinajstić information content (AvgIpc) is 2.20. The van der Waals surface area contributed by atoms with E-state index in [1.165, 1.54) is 0 Å². The number of terminal acetylenes is 1. The average molecular weight is 233 g/mol. The zero-order chi connectivity index (χ0) is 10.6. The van der Waals surface area contributed by atoms with E-state index in [2.05, 4.69) is 5.92 Å². The number of carbonyl (C=O) groups excluding carboxylic acids is 1. The van der Waals surface area contributed by atoms with Gasteiger partial charge in [0.25, 0.3) is 0 Å². The second kappa shape index (κ2) is 10.8. The Kier molecular flexibility index (Phi) is 10.5. The lowest BCUT2D eigenvalue weighted by molar-refractivity contribution is -0.142. The van der Waals surface area contributed by atoms with Crippen molar-refractivity contribution < 1.29 is 9.53 Å². The Morgan fingerprint density at radius 3 is 2.79 bits per heavy atom. The van der Waals surface area contributed by atoms with Crippen LogP contribution in [0, 0.1) is 12.3 Å². The van der Waals surface area contributed by atoms with Crippen LogP contribution in [0.5, 0.6) is 0 Å². The van der Waals surface area contributed by atoms with Crippen LogP contribution in [-0.4, -0.2) is 30.6 Å². The SMILES string of the molecule is C#CCOC(=O)CCCSSCCN. The van der Waals surface area contributed by atoms with E-state index in [-0.39, 0.29) is 12.6 Å². The molecule has 0 aromatic carbocycles. The molecule has 0 amide bonds. The fraction of sp³-hybridized carbons (Fsp3) is 0.667. The van der Waals surface area contributed by atoms with Crippen LogP contribution >= 0.6 is 21.6 Å². The summed E-state index contributed by atoms with van der Waals surface area (Å²) in [6.07, 6.45) is 6.21. The van der Waals surface area contributed by atoms with Crippen LogP contribution in [-0.2, 0) is 9.53 Å². The Morgan fingerprint density at radius 1 is 1.43 bits per heavy atom. The first kappa shape index (κ1) is 13.7. The van der Waals surface area contributed by atoms with E-state index in [0.717, 1.165) is 17.9 Å². The number of esters is 1. The summed E-state index contributed by atoms with van der Waals surface area (Å²) in [5.74, 6) is 3.93. The van der Waals surface area contributed by atoms with Gasteiger partial charge in [0, 0.05) is 24.5 Å². The smallest absolute Gasteiger partial charge is 0.306 e. The number of hydrogen-bond donors (Lipinski definition) is 1. The molecule has 0 saturated carbocycles. The van der Waals surface area contributed by atoms with Gasteiger partial charge in [-0.05, 0) is 6.42 Å². The number of hydrogen-bond acceptors (Lipinski definition) is 5. The highest BCUT2D eigenvalue weighted by molar-refractivity contribution is 8.76. The highest BCUT2D eigenvalue weighted by Gasteiger charge is 2.00. The molecule has 2 N–H and O–H groups in total. The van der Waals surface area contributed by atoms with Crippen LogP contribution in [0.15, 0.2) is 0 Å². The third-order valence-electron chi connectivity index (χ3n) is 1.21. The molecular formula is C9H15NO2S2. The molecule has 0 saturated heterocycles. The summed E-state index contributed by atoms with van der Waals surface area (Å²) in [6.45, 7) is 0.774. The molecule has 0 radical (unpaired) electrons. The van der Waals surface area contributed by atoms with Crippen molar-refractivity contribution in [3.63, 3.8) is 0 Å². The van der Waals surface area contributed by atoms with Gasteiger partial charge in [0.1, 0.15) is 0 Å². The number of carbonyl (C=O) groups is 1. The van der Waals surface area contributed by atoms with Crippen molar-refractivity contribution in [2.75, 3.05) is 24.7 Å². The van der Waals surface area contributed by atoms with E-state index in [1.807, 2.05) is 0 Å². The monoisotopic (exact) mass is 233 g/mol. The van der Waals surface area contributed by atoms with Gasteiger partial charge in [0.05, 0.1) is 0 Å². The molecule has 0 atom stereocenters. The zero-order valence-corrected chi connectivity index (χ0v) is 9.66. The lowest BCUT2D eigenvalue weighted by Crippen LogP contribution is -2.04. The lowest BCUT2D eigenvalue weighted by Gasteiger charge is -2.00. The van der Waals surface area contributed by atoms with Gasteiger partial charge in [-0.25, -0.2) is 0 Å². The van der Waals surface area contributed by atoms with Crippen LogP contribution in [0.1, 0.15) is 12.8 Å². The van der Waals surface area contributed by atoms with Gasteiger partial charge in [-0.1, -0.05) is 27.5 Å². The predicted molar refractivity (Wildman–Crippen MR) is 63.0 cm³/mol. The van der Waals surface area contributed by atoms with Crippen molar-refractivity contribution in [3.8, 4) is 12.3 Å². The predicted octanol–water partition coefficient (Wildman–Crippen LogP) is 1.28. The van der Waals surface area contributed by atoms with Gasteiger partial charge < -0.3 is 10.5 Å². The Balaban J connectivity index is 3.11. The standard InChI is InChI=1S/C9H15NO2S2/c1-2-6-12-9(11)4-3-7-13-14-8-5-10/h1H,3-8,10H2. The van der Waals surface area contributed by atoms with Crippen LogP contribution in [0.3, 0.4) is 0 Å². The van der Waals surface area contributed by atoms with E-state index in [1.54, 1.807) is 21.6 Å². The molecular weight excluding hydrogens is 218 g/mol. The molecule has 0 unspecified atom stereocenters. The summed E-state index contributed by atoms with van der Waals surface area (Å²) in [7, 11) is 3.46. The molecule has 0 aliphatic carbocycles. The molecule has 0 aromatic heterocycles. The fourth-order valence-electron chi connectivity index (χ4n) is 0.636. The van der Waals surface area contributed by atoms with Crippen molar-refractivity contribution in [2.45, 2.75) is 12.8 Å². The van der Waals surface area contributed by atoms with Crippen molar-refractivity contribution in [1.29, 1.82) is 0 Å². The van der Waals surface area contributed by atoms with Crippen molar-refractivity contribution in [2.24, 2.45) is 5.73 Å². The molecule has 0 heterocycles. The second-order valence-corrected chi connectivity index (χ2v) is 5.10. The first-order valence-corrected chi connectivity index (χ1v) is 6.83. The van der Waals surface area contributed by atoms with Gasteiger partial charge >= 0.3 is 5.97 Å². The second-order valence-electron chi connectivity index (χ2n) is 2.40. The van der Waals surface area contributed by atoms with E-state index < -0.39 is 0 Å². The third-order valence-corrected chi connectivity index (χ3v) is 3.73. The first-order valence-electron chi connectivity index (χ1n) is 4.34. The number of ether oxygens (including phenoxy) is 1. The van der Waals surface area contributed by atoms with E-state index in [4.69, 9.17) is 16.9 Å². The van der Waals surface area contributed by atoms with E-state index in [9.17, 15) is 4.79 Å². The molecule has 0 aromatic rings. The molecule has 0 aliphatic heterocycles. The topological polar surface area (TPSA) is 52.3 Å². The van der Waals surface area contributed by atoms with Crippen molar-refractivity contribution in [3.05, 3.63) is 0 Å². The maximum absolute atomic E-state index is 10.9. The Morgan fingerprint density at radius 2 is 2.14 bits per heavy atom. The van der Waals surface area contributed by atoms with Gasteiger partial charge in [0.2, 0.25) is 0 Å². The molecule has 14 heavy (non-hydrogen) atoms. The minimum Gasteiger partial charge on any atom is -0.452 e. The lowest BCUT2D eigenvalue weighted by atomic mass is 10.3. The summed E-state index contributed by atoms with van der Waals surface area (Å²) >= 11 is 0. The minimum absolute atomic E-state index is 0.0773. The van der Waals surface area contributed by atoms with Crippen LogP contribution in [0.4, 0.5) is 0 Å². The molecule has 0 rings (SSSR count). The maximum Gasteiger partial charge on any atom is 0.306 e. The normalized spacial score (nSPS) is 9.43. The van der Waals surface area contributed by atoms with E-state index >= 15 is 0 Å². The first-order chi connectivity index (χ1) is 6.81. The Labute approximate surface area is 92.9 Å². The van der Waals surface area contributed by atoms with Gasteiger partial charge in [-0.15, -0.1) is 6.42 Å². The molecule has 5 heteroatoms. The molecule has 0 spiro atoms. The maximum atomic E-state index is 10.9. The summed E-state index contributed by atoms with van der Waals surface area (Å²) in [4.78, 5) is 10.9. The van der Waals surface area contributed by atoms with Gasteiger partial charge in [-0.3, -0.25) is 4.79 Å². The largest absolute Gasteiger partial charge is 0.452 e. The minimum atomic E-state index is -0.215. The molecule has 0 bridgehead atoms. The number of nitrogens with two attached hydrogens (primary N) is 1. The quantitative estimate of drug-likeness (QED) is 0.296. The van der Waals surface area contributed by atoms with Crippen LogP contribution < -0.4 is 5.73 Å². The molecule has 3 nitrogen and oxygen atoms in total. The Hall–Kier alpha value is -0.310. The number of rotatable bonds is 8. The highest BCUT2D eigenvalue weighted by Crippen LogP contribution is 2.21.